The smallest absolute Gasteiger partial charge is 0.408 e. The maximum absolute atomic E-state index is 11.9. The maximum atomic E-state index is 11.9. The molecule has 5 heteroatoms. The van der Waals surface area contributed by atoms with E-state index in [0.717, 1.165) is 5.56 Å². The Morgan fingerprint density at radius 1 is 1.15 bits per heavy atom. The Balaban J connectivity index is 2.09. The van der Waals surface area contributed by atoms with E-state index in [1.165, 1.54) is 22.8 Å². The molecule has 0 saturated carbocycles. The van der Waals surface area contributed by atoms with Crippen molar-refractivity contribution in [3.63, 3.8) is 0 Å². The molecule has 1 aromatic heterocycles. The largest absolute Gasteiger partial charge is 0.420 e. The third kappa shape index (κ3) is 2.03. The Morgan fingerprint density at radius 2 is 1.95 bits per heavy atom. The van der Waals surface area contributed by atoms with E-state index in [1.807, 2.05) is 19.1 Å². The number of fused-ring (bicyclic) bond motifs is 1. The topological polar surface area (TPSA) is 69.3 Å². The fraction of sp³-hybridized carbons (Fsp3) is 0.133. The lowest BCUT2D eigenvalue weighted by atomic mass is 10.0. The summed E-state index contributed by atoms with van der Waals surface area (Å²) in [4.78, 5) is 34.9. The van der Waals surface area contributed by atoms with Gasteiger partial charge in [0.1, 0.15) is 0 Å². The van der Waals surface area contributed by atoms with Gasteiger partial charge >= 0.3 is 5.76 Å². The molecular weight excluding hydrogens is 258 g/mol. The highest BCUT2D eigenvalue weighted by molar-refractivity contribution is 6.17. The summed E-state index contributed by atoms with van der Waals surface area (Å²) < 4.78 is 6.48. The number of hydrogen-bond acceptors (Lipinski definition) is 4. The predicted molar refractivity (Wildman–Crippen MR) is 72.4 cm³/mol. The first-order valence-corrected chi connectivity index (χ1v) is 6.11. The summed E-state index contributed by atoms with van der Waals surface area (Å²) in [6, 6.07) is 5.36. The predicted octanol–water partition coefficient (Wildman–Crippen LogP) is 1.54. The standard InChI is InChI=1S/C15H11NO4/c1-9-2-5-14-12(6-9)16(15(19)20-14)8-10-7-11(17)3-4-13(10)18/h2-7H,8H2,1H3. The van der Waals surface area contributed by atoms with Crippen molar-refractivity contribution in [1.29, 1.82) is 0 Å². The number of carbonyl (C=O) groups is 2. The molecule has 1 aromatic carbocycles. The van der Waals surface area contributed by atoms with Crippen LogP contribution >= 0.6 is 0 Å². The first kappa shape index (κ1) is 12.3. The Kier molecular flexibility index (Phi) is 2.75. The number of ketones is 2. The molecule has 0 atom stereocenters. The average Bonchev–Trinajstić information content (AvgIpc) is 2.70. The fourth-order valence-corrected chi connectivity index (χ4v) is 2.17. The fourth-order valence-electron chi connectivity index (χ4n) is 2.17. The molecule has 1 aliphatic carbocycles. The maximum Gasteiger partial charge on any atom is 0.420 e. The Morgan fingerprint density at radius 3 is 2.75 bits per heavy atom. The molecule has 0 unspecified atom stereocenters. The van der Waals surface area contributed by atoms with E-state index in [1.54, 1.807) is 6.07 Å². The molecule has 0 bridgehead atoms. The van der Waals surface area contributed by atoms with Crippen LogP contribution in [0.5, 0.6) is 0 Å². The highest BCUT2D eigenvalue weighted by atomic mass is 16.4. The minimum atomic E-state index is -0.540. The van der Waals surface area contributed by atoms with E-state index in [0.29, 0.717) is 11.1 Å². The lowest BCUT2D eigenvalue weighted by Gasteiger charge is -2.07. The third-order valence-corrected chi connectivity index (χ3v) is 3.18. The molecule has 1 heterocycles. The van der Waals surface area contributed by atoms with Crippen LogP contribution in [-0.2, 0) is 16.1 Å². The zero-order valence-corrected chi connectivity index (χ0v) is 10.8. The van der Waals surface area contributed by atoms with Gasteiger partial charge in [-0.2, -0.15) is 0 Å². The van der Waals surface area contributed by atoms with Crippen molar-refractivity contribution in [2.45, 2.75) is 13.5 Å². The van der Waals surface area contributed by atoms with Gasteiger partial charge in [-0.1, -0.05) is 6.07 Å². The molecule has 1 aliphatic rings. The van der Waals surface area contributed by atoms with Crippen molar-refractivity contribution in [3.05, 3.63) is 58.1 Å². The van der Waals surface area contributed by atoms with Crippen LogP contribution in [0.2, 0.25) is 0 Å². The number of allylic oxidation sites excluding steroid dienone is 4. The van der Waals surface area contributed by atoms with Crippen molar-refractivity contribution in [3.8, 4) is 0 Å². The normalized spacial score (nSPS) is 14.9. The quantitative estimate of drug-likeness (QED) is 0.775. The molecule has 0 amide bonds. The minimum absolute atomic E-state index is 0.0319. The Bertz CT molecular complexity index is 848. The summed E-state index contributed by atoms with van der Waals surface area (Å²) in [5.41, 5.74) is 2.34. The minimum Gasteiger partial charge on any atom is -0.408 e. The van der Waals surface area contributed by atoms with Gasteiger partial charge in [-0.05, 0) is 42.8 Å². The van der Waals surface area contributed by atoms with Gasteiger partial charge in [0.25, 0.3) is 0 Å². The third-order valence-electron chi connectivity index (χ3n) is 3.18. The number of hydrogen-bond donors (Lipinski definition) is 0. The molecule has 100 valence electrons. The van der Waals surface area contributed by atoms with Gasteiger partial charge in [-0.15, -0.1) is 0 Å². The van der Waals surface area contributed by atoms with Gasteiger partial charge in [0.2, 0.25) is 0 Å². The molecule has 20 heavy (non-hydrogen) atoms. The summed E-state index contributed by atoms with van der Waals surface area (Å²) in [6.45, 7) is 1.93. The molecule has 0 radical (unpaired) electrons. The van der Waals surface area contributed by atoms with E-state index >= 15 is 0 Å². The number of oxazole rings is 1. The van der Waals surface area contributed by atoms with Crippen molar-refractivity contribution in [1.82, 2.24) is 4.57 Å². The van der Waals surface area contributed by atoms with Crippen molar-refractivity contribution >= 4 is 22.7 Å². The van der Waals surface area contributed by atoms with Crippen molar-refractivity contribution in [2.75, 3.05) is 0 Å². The Labute approximate surface area is 113 Å². The highest BCUT2D eigenvalue weighted by Crippen LogP contribution is 2.17. The van der Waals surface area contributed by atoms with Gasteiger partial charge in [0.05, 0.1) is 12.1 Å². The molecule has 3 rings (SSSR count). The summed E-state index contributed by atoms with van der Waals surface area (Å²) in [7, 11) is 0. The number of benzene rings is 1. The van der Waals surface area contributed by atoms with Gasteiger partial charge in [0.15, 0.2) is 17.1 Å². The first-order chi connectivity index (χ1) is 9.54. The molecule has 0 saturated heterocycles. The van der Waals surface area contributed by atoms with Crippen LogP contribution in [0.15, 0.2) is 51.2 Å². The molecule has 2 aromatic rings. The van der Waals surface area contributed by atoms with E-state index < -0.39 is 5.76 Å². The van der Waals surface area contributed by atoms with Crippen molar-refractivity contribution in [2.24, 2.45) is 0 Å². The number of aryl methyl sites for hydroxylation is 1. The van der Waals surface area contributed by atoms with Crippen LogP contribution in [0.3, 0.4) is 0 Å². The second-order valence-corrected chi connectivity index (χ2v) is 4.69. The number of aromatic nitrogens is 1. The molecule has 0 N–H and O–H groups in total. The van der Waals surface area contributed by atoms with Crippen LogP contribution in [-0.4, -0.2) is 16.1 Å². The highest BCUT2D eigenvalue weighted by Gasteiger charge is 2.17. The summed E-state index contributed by atoms with van der Waals surface area (Å²) in [5.74, 6) is -1.06. The first-order valence-electron chi connectivity index (χ1n) is 6.11. The number of rotatable bonds is 2. The van der Waals surface area contributed by atoms with E-state index in [-0.39, 0.29) is 23.7 Å². The molecule has 0 aliphatic heterocycles. The van der Waals surface area contributed by atoms with Crippen molar-refractivity contribution < 1.29 is 14.0 Å². The SMILES string of the molecule is Cc1ccc2oc(=O)n(CC3=CC(=O)C=CC3=O)c2c1. The second kappa shape index (κ2) is 4.45. The van der Waals surface area contributed by atoms with Gasteiger partial charge in [-0.25, -0.2) is 4.79 Å². The van der Waals surface area contributed by atoms with Crippen LogP contribution in [0.1, 0.15) is 5.56 Å². The molecule has 0 spiro atoms. The lowest BCUT2D eigenvalue weighted by molar-refractivity contribution is -0.114. The monoisotopic (exact) mass is 269 g/mol. The summed E-state index contributed by atoms with van der Waals surface area (Å²) in [6.07, 6.45) is 3.69. The zero-order chi connectivity index (χ0) is 14.3. The molecule has 5 nitrogen and oxygen atoms in total. The summed E-state index contributed by atoms with van der Waals surface area (Å²) in [5, 5.41) is 0. The molecule has 0 fully saturated rings. The van der Waals surface area contributed by atoms with E-state index in [2.05, 4.69) is 0 Å². The van der Waals surface area contributed by atoms with Gasteiger partial charge in [0, 0.05) is 5.57 Å². The second-order valence-electron chi connectivity index (χ2n) is 4.69. The van der Waals surface area contributed by atoms with Crippen LogP contribution < -0.4 is 5.76 Å². The zero-order valence-electron chi connectivity index (χ0n) is 10.8. The van der Waals surface area contributed by atoms with Crippen LogP contribution in [0.4, 0.5) is 0 Å². The van der Waals surface area contributed by atoms with E-state index in [9.17, 15) is 14.4 Å². The van der Waals surface area contributed by atoms with E-state index in [4.69, 9.17) is 4.42 Å². The van der Waals surface area contributed by atoms with Gasteiger partial charge in [-0.3, -0.25) is 14.2 Å². The average molecular weight is 269 g/mol. The number of carbonyl (C=O) groups excluding carboxylic acids is 2. The van der Waals surface area contributed by atoms with Crippen LogP contribution in [0, 0.1) is 6.92 Å². The lowest BCUT2D eigenvalue weighted by Crippen LogP contribution is -2.20. The van der Waals surface area contributed by atoms with Gasteiger partial charge < -0.3 is 4.42 Å². The molecular formula is C15H11NO4. The van der Waals surface area contributed by atoms with Crippen LogP contribution in [0.25, 0.3) is 11.1 Å². The number of nitrogens with zero attached hydrogens (tertiary/aromatic N) is 1. The Hall–Kier alpha value is -2.69. The summed E-state index contributed by atoms with van der Waals surface area (Å²) >= 11 is 0.